The monoisotopic (exact) mass is 146 g/mol. The van der Waals surface area contributed by atoms with Crippen molar-refractivity contribution in [3.05, 3.63) is 0 Å². The Kier molecular flexibility index (Phi) is 3.99. The van der Waals surface area contributed by atoms with E-state index in [0.717, 1.165) is 0 Å². The van der Waals surface area contributed by atoms with E-state index in [1.165, 1.54) is 0 Å². The van der Waals surface area contributed by atoms with Gasteiger partial charge in [-0.25, -0.2) is 0 Å². The number of hydrogen-bond acceptors (Lipinski definition) is 3. The Balaban J connectivity index is 3.56. The average molecular weight is 146 g/mol. The lowest BCUT2D eigenvalue weighted by atomic mass is 10.0. The van der Waals surface area contributed by atoms with Crippen molar-refractivity contribution in [2.45, 2.75) is 19.4 Å². The second-order valence-corrected chi connectivity index (χ2v) is 2.52. The van der Waals surface area contributed by atoms with E-state index in [2.05, 4.69) is 0 Å². The Labute approximate surface area is 60.2 Å². The van der Waals surface area contributed by atoms with Crippen LogP contribution in [-0.4, -0.2) is 23.7 Å². The maximum absolute atomic E-state index is 10.2. The van der Waals surface area contributed by atoms with E-state index < -0.39 is 12.0 Å². The third-order valence-electron chi connectivity index (χ3n) is 1.38. The lowest BCUT2D eigenvalue weighted by Crippen LogP contribution is -2.33. The zero-order valence-electron chi connectivity index (χ0n) is 6.08. The molecule has 5 N–H and O–H groups in total. The Morgan fingerprint density at radius 2 is 2.20 bits per heavy atom. The van der Waals surface area contributed by atoms with Gasteiger partial charge in [0, 0.05) is 0 Å². The molecule has 0 saturated carbocycles. The van der Waals surface area contributed by atoms with E-state index in [1.807, 2.05) is 6.92 Å². The van der Waals surface area contributed by atoms with Gasteiger partial charge in [0.25, 0.3) is 0 Å². The second-order valence-electron chi connectivity index (χ2n) is 2.52. The summed E-state index contributed by atoms with van der Waals surface area (Å²) in [6, 6.07) is -0.765. The molecule has 0 aromatic rings. The van der Waals surface area contributed by atoms with Gasteiger partial charge in [0.1, 0.15) is 6.04 Å². The molecule has 0 radical (unpaired) electrons. The molecule has 2 atom stereocenters. The Hall–Kier alpha value is -0.610. The standard InChI is InChI=1S/C6H14N2O2/c1-4(3-7)2-5(8)6(9)10/h4-5H,2-3,7-8H2,1H3,(H,9,10)/t4-,5+/m1/s1. The number of carboxylic acids is 1. The van der Waals surface area contributed by atoms with Crippen molar-refractivity contribution in [2.75, 3.05) is 6.54 Å². The summed E-state index contributed by atoms with van der Waals surface area (Å²) in [7, 11) is 0. The fourth-order valence-electron chi connectivity index (χ4n) is 0.631. The molecule has 0 aliphatic heterocycles. The van der Waals surface area contributed by atoms with Crippen LogP contribution < -0.4 is 11.5 Å². The SMILES string of the molecule is C[C@@H](CN)C[C@H](N)C(=O)O. The second kappa shape index (κ2) is 4.24. The van der Waals surface area contributed by atoms with Crippen LogP contribution in [0.15, 0.2) is 0 Å². The predicted molar refractivity (Wildman–Crippen MR) is 38.4 cm³/mol. The first-order chi connectivity index (χ1) is 4.57. The van der Waals surface area contributed by atoms with E-state index in [0.29, 0.717) is 13.0 Å². The highest BCUT2D eigenvalue weighted by molar-refractivity contribution is 5.72. The van der Waals surface area contributed by atoms with Crippen LogP contribution in [0.2, 0.25) is 0 Å². The Morgan fingerprint density at radius 3 is 2.50 bits per heavy atom. The van der Waals surface area contributed by atoms with Gasteiger partial charge in [-0.1, -0.05) is 6.92 Å². The number of carboxylic acid groups (broad SMARTS) is 1. The highest BCUT2D eigenvalue weighted by Gasteiger charge is 2.13. The molecule has 0 aromatic heterocycles. The molecular weight excluding hydrogens is 132 g/mol. The zero-order valence-corrected chi connectivity index (χ0v) is 6.08. The molecule has 4 heteroatoms. The molecule has 0 aromatic carbocycles. The molecule has 0 saturated heterocycles. The molecule has 10 heavy (non-hydrogen) atoms. The molecule has 0 heterocycles. The summed E-state index contributed by atoms with van der Waals surface area (Å²) in [5, 5.41) is 8.36. The topological polar surface area (TPSA) is 89.3 Å². The van der Waals surface area contributed by atoms with Crippen LogP contribution >= 0.6 is 0 Å². The lowest BCUT2D eigenvalue weighted by Gasteiger charge is -2.10. The summed E-state index contributed by atoms with van der Waals surface area (Å²) in [6.45, 7) is 2.36. The summed E-state index contributed by atoms with van der Waals surface area (Å²) < 4.78 is 0. The fourth-order valence-corrected chi connectivity index (χ4v) is 0.631. The van der Waals surface area contributed by atoms with Crippen molar-refractivity contribution in [3.63, 3.8) is 0 Å². The summed E-state index contributed by atoms with van der Waals surface area (Å²) in [4.78, 5) is 10.2. The van der Waals surface area contributed by atoms with Crippen molar-refractivity contribution in [1.29, 1.82) is 0 Å². The largest absolute Gasteiger partial charge is 0.480 e. The van der Waals surface area contributed by atoms with Gasteiger partial charge < -0.3 is 16.6 Å². The van der Waals surface area contributed by atoms with Gasteiger partial charge in [0.15, 0.2) is 0 Å². The minimum absolute atomic E-state index is 0.186. The number of aliphatic carboxylic acids is 1. The number of carbonyl (C=O) groups is 1. The first-order valence-electron chi connectivity index (χ1n) is 3.26. The van der Waals surface area contributed by atoms with Crippen LogP contribution in [0.4, 0.5) is 0 Å². The normalized spacial score (nSPS) is 16.3. The van der Waals surface area contributed by atoms with Crippen molar-refractivity contribution >= 4 is 5.97 Å². The van der Waals surface area contributed by atoms with E-state index in [9.17, 15) is 4.79 Å². The predicted octanol–water partition coefficient (Wildman–Crippen LogP) is -0.617. The molecule has 4 nitrogen and oxygen atoms in total. The first kappa shape index (κ1) is 9.39. The number of hydrogen-bond donors (Lipinski definition) is 3. The van der Waals surface area contributed by atoms with Gasteiger partial charge in [-0.3, -0.25) is 4.79 Å². The zero-order chi connectivity index (χ0) is 8.15. The molecule has 0 unspecified atom stereocenters. The fraction of sp³-hybridized carbons (Fsp3) is 0.833. The van der Waals surface area contributed by atoms with Crippen molar-refractivity contribution in [3.8, 4) is 0 Å². The average Bonchev–Trinajstić information content (AvgIpc) is 1.87. The number of rotatable bonds is 4. The molecular formula is C6H14N2O2. The third kappa shape index (κ3) is 3.42. The quantitative estimate of drug-likeness (QED) is 0.493. The van der Waals surface area contributed by atoms with Gasteiger partial charge in [-0.2, -0.15) is 0 Å². The lowest BCUT2D eigenvalue weighted by molar-refractivity contribution is -0.138. The van der Waals surface area contributed by atoms with E-state index in [1.54, 1.807) is 0 Å². The van der Waals surface area contributed by atoms with Crippen LogP contribution in [0.25, 0.3) is 0 Å². The maximum atomic E-state index is 10.2. The molecule has 0 fully saturated rings. The minimum Gasteiger partial charge on any atom is -0.480 e. The highest BCUT2D eigenvalue weighted by atomic mass is 16.4. The van der Waals surface area contributed by atoms with E-state index in [-0.39, 0.29) is 5.92 Å². The number of nitrogens with two attached hydrogens (primary N) is 2. The van der Waals surface area contributed by atoms with Gasteiger partial charge in [0.2, 0.25) is 0 Å². The van der Waals surface area contributed by atoms with Crippen LogP contribution in [0.1, 0.15) is 13.3 Å². The first-order valence-corrected chi connectivity index (χ1v) is 3.26. The smallest absolute Gasteiger partial charge is 0.320 e. The molecule has 0 rings (SSSR count). The van der Waals surface area contributed by atoms with Crippen LogP contribution in [0.3, 0.4) is 0 Å². The maximum Gasteiger partial charge on any atom is 0.320 e. The van der Waals surface area contributed by atoms with Gasteiger partial charge in [-0.05, 0) is 18.9 Å². The van der Waals surface area contributed by atoms with Crippen LogP contribution in [-0.2, 0) is 4.79 Å². The van der Waals surface area contributed by atoms with Crippen molar-refractivity contribution in [1.82, 2.24) is 0 Å². The highest BCUT2D eigenvalue weighted by Crippen LogP contribution is 2.01. The summed E-state index contributed by atoms with van der Waals surface area (Å²) in [5.74, 6) is -0.772. The molecule has 0 spiro atoms. The van der Waals surface area contributed by atoms with Crippen molar-refractivity contribution in [2.24, 2.45) is 17.4 Å². The third-order valence-corrected chi connectivity index (χ3v) is 1.38. The summed E-state index contributed by atoms with van der Waals surface area (Å²) >= 11 is 0. The summed E-state index contributed by atoms with van der Waals surface area (Å²) in [6.07, 6.45) is 0.450. The summed E-state index contributed by atoms with van der Waals surface area (Å²) in [5.41, 5.74) is 10.5. The van der Waals surface area contributed by atoms with Gasteiger partial charge in [-0.15, -0.1) is 0 Å². The van der Waals surface area contributed by atoms with E-state index in [4.69, 9.17) is 16.6 Å². The minimum atomic E-state index is -0.958. The molecule has 0 aliphatic carbocycles. The van der Waals surface area contributed by atoms with Crippen molar-refractivity contribution < 1.29 is 9.90 Å². The Bertz CT molecular complexity index is 116. The molecule has 0 bridgehead atoms. The van der Waals surface area contributed by atoms with Crippen LogP contribution in [0.5, 0.6) is 0 Å². The Morgan fingerprint density at radius 1 is 1.70 bits per heavy atom. The van der Waals surface area contributed by atoms with Gasteiger partial charge in [0.05, 0.1) is 0 Å². The van der Waals surface area contributed by atoms with Crippen LogP contribution in [0, 0.1) is 5.92 Å². The van der Waals surface area contributed by atoms with Gasteiger partial charge >= 0.3 is 5.97 Å². The molecule has 0 aliphatic rings. The molecule has 0 amide bonds. The molecule has 60 valence electrons. The van der Waals surface area contributed by atoms with E-state index >= 15 is 0 Å².